The van der Waals surface area contributed by atoms with Gasteiger partial charge in [0.1, 0.15) is 5.75 Å². The van der Waals surface area contributed by atoms with Crippen LogP contribution in [0.3, 0.4) is 0 Å². The molecule has 1 aliphatic carbocycles. The van der Waals surface area contributed by atoms with Gasteiger partial charge in [0.05, 0.1) is 103 Å². The molecule has 0 saturated carbocycles. The number of nitrogens with one attached hydrogen (secondary N) is 1. The summed E-state index contributed by atoms with van der Waals surface area (Å²) in [5, 5.41) is 21.4. The number of aromatic hydroxyl groups is 1. The number of hydrogen-bond donors (Lipinski definition) is 4. The molecule has 300 valence electrons. The van der Waals surface area contributed by atoms with Crippen molar-refractivity contribution in [1.29, 1.82) is 5.41 Å². The topological polar surface area (TPSA) is 198 Å². The number of allylic oxidation sites excluding steroid dienone is 4. The van der Waals surface area contributed by atoms with Crippen molar-refractivity contribution in [3.63, 3.8) is 0 Å². The van der Waals surface area contributed by atoms with Gasteiger partial charge in [0.25, 0.3) is 10.1 Å². The summed E-state index contributed by atoms with van der Waals surface area (Å²) >= 11 is 0. The number of phenolic OH excluding ortho intramolecular Hbond substituents is 1. The third kappa shape index (κ3) is 13.3. The Kier molecular flexibility index (Phi) is 17.9. The van der Waals surface area contributed by atoms with E-state index in [2.05, 4.69) is 0 Å². The Balaban J connectivity index is 1.64. The normalized spacial score (nSPS) is 14.2. The van der Waals surface area contributed by atoms with Gasteiger partial charge in [0, 0.05) is 42.2 Å². The zero-order chi connectivity index (χ0) is 39.6. The molecule has 0 fully saturated rings. The highest BCUT2D eigenvalue weighted by atomic mass is 32.2. The van der Waals surface area contributed by atoms with Gasteiger partial charge < -0.3 is 54.1 Å². The van der Waals surface area contributed by atoms with E-state index >= 15 is 0 Å². The number of aryl methyl sites for hydroxylation is 1. The predicted octanol–water partition coefficient (Wildman–Crippen LogP) is 4.89. The van der Waals surface area contributed by atoms with Crippen LogP contribution < -0.4 is 5.73 Å². The summed E-state index contributed by atoms with van der Waals surface area (Å²) in [4.78, 5) is -0.271. The number of nitrogen functional groups attached to an aromatic ring is 1. The molecule has 0 spiro atoms. The van der Waals surface area contributed by atoms with Gasteiger partial charge in [-0.2, -0.15) is 8.42 Å². The second-order valence-electron chi connectivity index (χ2n) is 12.5. The molecule has 0 heterocycles. The monoisotopic (exact) mass is 784 g/mol. The second-order valence-corrected chi connectivity index (χ2v) is 13.9. The van der Waals surface area contributed by atoms with Crippen LogP contribution in [0.2, 0.25) is 0 Å². The Labute approximate surface area is 322 Å². The number of phenols is 1. The molecule has 14 nitrogen and oxygen atoms in total. The van der Waals surface area contributed by atoms with Crippen molar-refractivity contribution in [3.05, 3.63) is 94.1 Å². The molecule has 5 N–H and O–H groups in total. The van der Waals surface area contributed by atoms with Crippen molar-refractivity contribution in [2.24, 2.45) is 0 Å². The van der Waals surface area contributed by atoms with E-state index in [0.717, 1.165) is 0 Å². The highest BCUT2D eigenvalue weighted by molar-refractivity contribution is 7.85. The largest absolute Gasteiger partial charge is 0.507 e. The SMILES string of the molecule is COCCOCCOCCOCC1=C/C(=C(\c2ccc(N)c(COCCOCCOCCOC)c2)c2c(O)c(C)cc3cc(S(=O)(=O)O)ccc23)C=CC1=N. The average Bonchev–Trinajstić information content (AvgIpc) is 3.16. The van der Waals surface area contributed by atoms with Crippen molar-refractivity contribution in [2.75, 3.05) is 106 Å². The second kappa shape index (κ2) is 22.5. The number of anilines is 1. The maximum atomic E-state index is 12.1. The van der Waals surface area contributed by atoms with Gasteiger partial charge in [-0.15, -0.1) is 0 Å². The number of benzene rings is 3. The third-order valence-corrected chi connectivity index (χ3v) is 9.36. The molecule has 0 aromatic heterocycles. The van der Waals surface area contributed by atoms with Crippen LogP contribution in [-0.2, 0) is 54.6 Å². The van der Waals surface area contributed by atoms with E-state index in [4.69, 9.17) is 49.0 Å². The van der Waals surface area contributed by atoms with Gasteiger partial charge in [0.2, 0.25) is 0 Å². The lowest BCUT2D eigenvalue weighted by atomic mass is 9.84. The Morgan fingerprint density at radius 2 is 1.29 bits per heavy atom. The lowest BCUT2D eigenvalue weighted by Crippen LogP contribution is -2.14. The summed E-state index contributed by atoms with van der Waals surface area (Å²) in [5.74, 6) is -0.0174. The summed E-state index contributed by atoms with van der Waals surface area (Å²) in [6.07, 6.45) is 5.29. The van der Waals surface area contributed by atoms with Crippen LogP contribution in [0.15, 0.2) is 76.7 Å². The minimum Gasteiger partial charge on any atom is -0.507 e. The molecule has 3 aromatic carbocycles. The molecule has 0 bridgehead atoms. The molecule has 1 aliphatic rings. The zero-order valence-corrected chi connectivity index (χ0v) is 32.5. The van der Waals surface area contributed by atoms with Crippen LogP contribution in [0.25, 0.3) is 16.3 Å². The lowest BCUT2D eigenvalue weighted by molar-refractivity contribution is 0.000935. The zero-order valence-electron chi connectivity index (χ0n) is 31.6. The molecule has 0 aliphatic heterocycles. The molecule has 15 heteroatoms. The molecular weight excluding hydrogens is 733 g/mol. The number of hydrogen-bond acceptors (Lipinski definition) is 13. The molecule has 0 radical (unpaired) electrons. The van der Waals surface area contributed by atoms with E-state index in [0.29, 0.717) is 135 Å². The van der Waals surface area contributed by atoms with Gasteiger partial charge >= 0.3 is 0 Å². The van der Waals surface area contributed by atoms with E-state index in [1.54, 1.807) is 51.5 Å². The smallest absolute Gasteiger partial charge is 0.294 e. The van der Waals surface area contributed by atoms with Gasteiger partial charge in [0.15, 0.2) is 0 Å². The molecule has 3 aromatic rings. The van der Waals surface area contributed by atoms with E-state index < -0.39 is 10.1 Å². The maximum Gasteiger partial charge on any atom is 0.294 e. The van der Waals surface area contributed by atoms with Crippen molar-refractivity contribution in [1.82, 2.24) is 0 Å². The maximum absolute atomic E-state index is 12.1. The van der Waals surface area contributed by atoms with Gasteiger partial charge in [-0.05, 0) is 76.9 Å². The first-order valence-corrected chi connectivity index (χ1v) is 19.3. The minimum absolute atomic E-state index is 0.0174. The number of rotatable bonds is 25. The summed E-state index contributed by atoms with van der Waals surface area (Å²) in [6.45, 7) is 7.11. The highest BCUT2D eigenvalue weighted by Crippen LogP contribution is 2.43. The number of nitrogens with two attached hydrogens (primary N) is 1. The Bertz CT molecular complexity index is 1940. The summed E-state index contributed by atoms with van der Waals surface area (Å²) in [5.41, 5.74) is 11.4. The van der Waals surface area contributed by atoms with Crippen molar-refractivity contribution in [3.8, 4) is 5.75 Å². The van der Waals surface area contributed by atoms with E-state index in [1.807, 2.05) is 18.2 Å². The number of fused-ring (bicyclic) bond motifs is 1. The molecular formula is C40H52N2O12S. The Morgan fingerprint density at radius 1 is 0.727 bits per heavy atom. The molecule has 4 rings (SSSR count). The number of methoxy groups -OCH3 is 2. The summed E-state index contributed by atoms with van der Waals surface area (Å²) in [7, 11) is -1.26. The van der Waals surface area contributed by atoms with Crippen molar-refractivity contribution in [2.45, 2.75) is 18.4 Å². The molecule has 0 atom stereocenters. The first kappa shape index (κ1) is 43.7. The lowest BCUT2D eigenvalue weighted by Gasteiger charge is -2.21. The fourth-order valence-corrected chi connectivity index (χ4v) is 6.18. The molecule has 0 amide bonds. The van der Waals surface area contributed by atoms with Crippen LogP contribution in [0, 0.1) is 12.3 Å². The van der Waals surface area contributed by atoms with Crippen LogP contribution in [-0.4, -0.2) is 124 Å². The standard InChI is InChI=1S/C40H52N2O12S/c1-28-22-31-25-34(55(44,45)46)6-7-35(31)39(40(28)43)38(29-4-8-36(41)32(23-29)26-53-20-18-51-16-14-49-12-10-47-2)30-5-9-37(42)33(24-30)27-54-21-19-52-17-15-50-13-11-48-3/h4-9,22-25,41,43H,10-21,26-27,42H2,1-3H3,(H,44,45,46)/b38-29+,41-36?. The number of ether oxygens (including phenoxy) is 8. The van der Waals surface area contributed by atoms with Crippen LogP contribution in [0.5, 0.6) is 5.75 Å². The first-order valence-electron chi connectivity index (χ1n) is 17.8. The van der Waals surface area contributed by atoms with Gasteiger partial charge in [-0.1, -0.05) is 18.2 Å². The predicted molar refractivity (Wildman–Crippen MR) is 209 cm³/mol. The fraction of sp³-hybridized carbons (Fsp3) is 0.425. The Hall–Kier alpha value is -4.00. The molecule has 0 unspecified atom stereocenters. The summed E-state index contributed by atoms with van der Waals surface area (Å²) in [6, 6.07) is 11.4. The highest BCUT2D eigenvalue weighted by Gasteiger charge is 2.23. The van der Waals surface area contributed by atoms with Gasteiger partial charge in [-0.25, -0.2) is 0 Å². The molecule has 0 saturated heterocycles. The average molecular weight is 785 g/mol. The van der Waals surface area contributed by atoms with E-state index in [1.165, 1.54) is 12.1 Å². The minimum atomic E-state index is -4.49. The molecule has 55 heavy (non-hydrogen) atoms. The quantitative estimate of drug-likeness (QED) is 0.0515. The van der Waals surface area contributed by atoms with Crippen molar-refractivity contribution >= 4 is 37.9 Å². The van der Waals surface area contributed by atoms with Gasteiger partial charge in [-0.3, -0.25) is 4.55 Å². The first-order chi connectivity index (χ1) is 26.5. The Morgan fingerprint density at radius 3 is 1.87 bits per heavy atom. The van der Waals surface area contributed by atoms with E-state index in [-0.39, 0.29) is 29.6 Å². The summed E-state index contributed by atoms with van der Waals surface area (Å²) < 4.78 is 77.6. The fourth-order valence-electron chi connectivity index (χ4n) is 5.67. The van der Waals surface area contributed by atoms with Crippen molar-refractivity contribution < 1.29 is 56.0 Å². The van der Waals surface area contributed by atoms with Crippen LogP contribution >= 0.6 is 0 Å². The third-order valence-electron chi connectivity index (χ3n) is 8.51. The van der Waals surface area contributed by atoms with Crippen LogP contribution in [0.4, 0.5) is 5.69 Å². The van der Waals surface area contributed by atoms with Crippen LogP contribution in [0.1, 0.15) is 22.3 Å². The van der Waals surface area contributed by atoms with E-state index in [9.17, 15) is 18.1 Å².